The molecule has 1 atom stereocenters. The molecule has 4 nitrogen and oxygen atoms in total. The highest BCUT2D eigenvalue weighted by atomic mass is 19.1. The third-order valence-electron chi connectivity index (χ3n) is 3.22. The predicted molar refractivity (Wildman–Crippen MR) is 74.8 cm³/mol. The summed E-state index contributed by atoms with van der Waals surface area (Å²) in [7, 11) is 0. The summed E-state index contributed by atoms with van der Waals surface area (Å²) in [6, 6.07) is 5.64. The molecule has 0 saturated carbocycles. The quantitative estimate of drug-likeness (QED) is 0.917. The number of carbonyl (C=O) groups is 2. The lowest BCUT2D eigenvalue weighted by Gasteiger charge is -2.17. The Kier molecular flexibility index (Phi) is 4.37. The fourth-order valence-electron chi connectivity index (χ4n) is 2.33. The van der Waals surface area contributed by atoms with E-state index in [0.717, 1.165) is 0 Å². The highest BCUT2D eigenvalue weighted by molar-refractivity contribution is 5.96. The van der Waals surface area contributed by atoms with E-state index in [4.69, 9.17) is 0 Å². The van der Waals surface area contributed by atoms with Gasteiger partial charge in [-0.15, -0.1) is 0 Å². The molecular formula is C15H19FN2O2. The molecule has 1 N–H and O–H groups in total. The van der Waals surface area contributed by atoms with Gasteiger partial charge < -0.3 is 10.2 Å². The number of rotatable bonds is 4. The van der Waals surface area contributed by atoms with Crippen LogP contribution in [0.1, 0.15) is 26.7 Å². The summed E-state index contributed by atoms with van der Waals surface area (Å²) in [5, 5.41) is 2.88. The van der Waals surface area contributed by atoms with E-state index in [1.165, 1.54) is 12.1 Å². The number of hydrogen-bond donors (Lipinski definition) is 1. The van der Waals surface area contributed by atoms with Crippen LogP contribution in [-0.4, -0.2) is 24.4 Å². The van der Waals surface area contributed by atoms with Gasteiger partial charge in [-0.1, -0.05) is 13.8 Å². The summed E-state index contributed by atoms with van der Waals surface area (Å²) in [6.07, 6.45) is 0.752. The normalized spacial score (nSPS) is 18.7. The minimum absolute atomic E-state index is 0.0289. The number of hydrogen-bond acceptors (Lipinski definition) is 2. The predicted octanol–water partition coefficient (Wildman–Crippen LogP) is 2.09. The van der Waals surface area contributed by atoms with Crippen LogP contribution >= 0.6 is 0 Å². The average molecular weight is 278 g/mol. The van der Waals surface area contributed by atoms with Gasteiger partial charge in [0.25, 0.3) is 0 Å². The topological polar surface area (TPSA) is 49.4 Å². The van der Waals surface area contributed by atoms with E-state index in [0.29, 0.717) is 31.0 Å². The van der Waals surface area contributed by atoms with Crippen molar-refractivity contribution in [2.75, 3.05) is 11.4 Å². The maximum atomic E-state index is 12.9. The van der Waals surface area contributed by atoms with E-state index >= 15 is 0 Å². The molecule has 0 bridgehead atoms. The number of amides is 2. The molecule has 0 unspecified atom stereocenters. The second-order valence-corrected chi connectivity index (χ2v) is 5.55. The van der Waals surface area contributed by atoms with E-state index in [9.17, 15) is 14.0 Å². The van der Waals surface area contributed by atoms with Crippen LogP contribution in [0.25, 0.3) is 0 Å². The summed E-state index contributed by atoms with van der Waals surface area (Å²) in [5.74, 6) is -0.118. The molecule has 1 fully saturated rings. The monoisotopic (exact) mass is 278 g/mol. The molecule has 0 aliphatic carbocycles. The molecule has 1 aliphatic heterocycles. The van der Waals surface area contributed by atoms with Gasteiger partial charge in [-0.05, 0) is 30.2 Å². The Labute approximate surface area is 118 Å². The molecule has 1 aromatic rings. The number of carbonyl (C=O) groups excluding carboxylic acids is 2. The van der Waals surface area contributed by atoms with E-state index < -0.39 is 0 Å². The Morgan fingerprint density at radius 2 is 2.05 bits per heavy atom. The number of nitrogens with zero attached hydrogens (tertiary/aromatic N) is 1. The molecular weight excluding hydrogens is 259 g/mol. The van der Waals surface area contributed by atoms with Gasteiger partial charge in [0.2, 0.25) is 11.8 Å². The van der Waals surface area contributed by atoms with Gasteiger partial charge in [0.1, 0.15) is 5.82 Å². The molecule has 1 heterocycles. The Morgan fingerprint density at radius 1 is 1.40 bits per heavy atom. The van der Waals surface area contributed by atoms with Crippen LogP contribution in [-0.2, 0) is 9.59 Å². The van der Waals surface area contributed by atoms with Crippen LogP contribution in [0.2, 0.25) is 0 Å². The van der Waals surface area contributed by atoms with Gasteiger partial charge >= 0.3 is 0 Å². The Bertz CT molecular complexity index is 499. The summed E-state index contributed by atoms with van der Waals surface area (Å²) >= 11 is 0. The SMILES string of the molecule is CC(C)CC(=O)N[C@@H]1CC(=O)N(c2ccc(F)cc2)C1. The molecule has 1 saturated heterocycles. The lowest BCUT2D eigenvalue weighted by molar-refractivity contribution is -0.122. The fraction of sp³-hybridized carbons (Fsp3) is 0.467. The van der Waals surface area contributed by atoms with Crippen molar-refractivity contribution < 1.29 is 14.0 Å². The molecule has 0 spiro atoms. The van der Waals surface area contributed by atoms with Crippen molar-refractivity contribution in [3.05, 3.63) is 30.1 Å². The second-order valence-electron chi connectivity index (χ2n) is 5.55. The molecule has 1 aliphatic rings. The number of halogens is 1. The van der Waals surface area contributed by atoms with E-state index in [1.54, 1.807) is 17.0 Å². The Morgan fingerprint density at radius 3 is 2.65 bits per heavy atom. The van der Waals surface area contributed by atoms with Gasteiger partial charge in [0, 0.05) is 25.1 Å². The van der Waals surface area contributed by atoms with Crippen molar-refractivity contribution in [3.63, 3.8) is 0 Å². The van der Waals surface area contributed by atoms with Crippen LogP contribution in [0.15, 0.2) is 24.3 Å². The van der Waals surface area contributed by atoms with Crippen molar-refractivity contribution in [3.8, 4) is 0 Å². The largest absolute Gasteiger partial charge is 0.351 e. The summed E-state index contributed by atoms with van der Waals surface area (Å²) < 4.78 is 12.9. The third kappa shape index (κ3) is 3.56. The minimum atomic E-state index is -0.331. The van der Waals surface area contributed by atoms with Gasteiger partial charge in [-0.25, -0.2) is 4.39 Å². The van der Waals surface area contributed by atoms with Crippen molar-refractivity contribution >= 4 is 17.5 Å². The highest BCUT2D eigenvalue weighted by Crippen LogP contribution is 2.21. The maximum absolute atomic E-state index is 12.9. The van der Waals surface area contributed by atoms with Crippen molar-refractivity contribution in [2.45, 2.75) is 32.7 Å². The van der Waals surface area contributed by atoms with Gasteiger partial charge in [0.05, 0.1) is 6.04 Å². The first-order valence-corrected chi connectivity index (χ1v) is 6.81. The molecule has 2 rings (SSSR count). The fourth-order valence-corrected chi connectivity index (χ4v) is 2.33. The molecule has 5 heteroatoms. The molecule has 108 valence electrons. The van der Waals surface area contributed by atoms with Crippen LogP contribution in [0.4, 0.5) is 10.1 Å². The van der Waals surface area contributed by atoms with Crippen molar-refractivity contribution in [1.29, 1.82) is 0 Å². The summed E-state index contributed by atoms with van der Waals surface area (Å²) in [5.41, 5.74) is 0.664. The smallest absolute Gasteiger partial charge is 0.229 e. The van der Waals surface area contributed by atoms with E-state index in [-0.39, 0.29) is 23.7 Å². The Balaban J connectivity index is 1.97. The molecule has 20 heavy (non-hydrogen) atoms. The zero-order chi connectivity index (χ0) is 14.7. The van der Waals surface area contributed by atoms with Crippen LogP contribution in [0.5, 0.6) is 0 Å². The summed E-state index contributed by atoms with van der Waals surface area (Å²) in [6.45, 7) is 4.39. The number of nitrogens with one attached hydrogen (secondary N) is 1. The first kappa shape index (κ1) is 14.5. The van der Waals surface area contributed by atoms with Gasteiger partial charge in [-0.3, -0.25) is 9.59 Å². The lowest BCUT2D eigenvalue weighted by atomic mass is 10.1. The van der Waals surface area contributed by atoms with E-state index in [2.05, 4.69) is 5.32 Å². The van der Waals surface area contributed by atoms with Gasteiger partial charge in [-0.2, -0.15) is 0 Å². The first-order valence-electron chi connectivity index (χ1n) is 6.81. The van der Waals surface area contributed by atoms with Crippen LogP contribution < -0.4 is 10.2 Å². The van der Waals surface area contributed by atoms with Crippen molar-refractivity contribution in [2.24, 2.45) is 5.92 Å². The van der Waals surface area contributed by atoms with Crippen molar-refractivity contribution in [1.82, 2.24) is 5.32 Å². The van der Waals surface area contributed by atoms with E-state index in [1.807, 2.05) is 13.8 Å². The maximum Gasteiger partial charge on any atom is 0.229 e. The zero-order valence-electron chi connectivity index (χ0n) is 11.7. The minimum Gasteiger partial charge on any atom is -0.351 e. The second kappa shape index (κ2) is 6.03. The third-order valence-corrected chi connectivity index (χ3v) is 3.22. The molecule has 2 amide bonds. The standard InChI is InChI=1S/C15H19FN2O2/c1-10(2)7-14(19)17-12-8-15(20)18(9-12)13-5-3-11(16)4-6-13/h3-6,10,12H,7-9H2,1-2H3,(H,17,19)/t12-/m1/s1. The molecule has 0 radical (unpaired) electrons. The van der Waals surface area contributed by atoms with Crippen LogP contribution in [0, 0.1) is 11.7 Å². The number of anilines is 1. The van der Waals surface area contributed by atoms with Crippen LogP contribution in [0.3, 0.4) is 0 Å². The van der Waals surface area contributed by atoms with Gasteiger partial charge in [0.15, 0.2) is 0 Å². The average Bonchev–Trinajstić information content (AvgIpc) is 2.70. The highest BCUT2D eigenvalue weighted by Gasteiger charge is 2.31. The molecule has 1 aromatic carbocycles. The first-order chi connectivity index (χ1) is 9.45. The Hall–Kier alpha value is -1.91. The zero-order valence-corrected chi connectivity index (χ0v) is 11.7. The lowest BCUT2D eigenvalue weighted by Crippen LogP contribution is -2.37. The molecule has 0 aromatic heterocycles. The summed E-state index contributed by atoms with van der Waals surface area (Å²) in [4.78, 5) is 25.3. The number of benzene rings is 1.